The van der Waals surface area contributed by atoms with Gasteiger partial charge in [-0.15, -0.1) is 0 Å². The van der Waals surface area contributed by atoms with Gasteiger partial charge in [0.2, 0.25) is 0 Å². The summed E-state index contributed by atoms with van der Waals surface area (Å²) in [7, 11) is 0. The molecule has 0 saturated carbocycles. The van der Waals surface area contributed by atoms with E-state index in [1.165, 1.54) is 23.5 Å². The van der Waals surface area contributed by atoms with Crippen molar-refractivity contribution in [2.45, 2.75) is 6.92 Å². The normalized spacial score (nSPS) is 10.7. The molecule has 2 rings (SSSR count). The molecule has 0 unspecified atom stereocenters. The molecule has 0 aliphatic heterocycles. The van der Waals surface area contributed by atoms with Gasteiger partial charge in [0.15, 0.2) is 0 Å². The largest absolute Gasteiger partial charge is 0.0616 e. The van der Waals surface area contributed by atoms with Crippen molar-refractivity contribution in [2.75, 3.05) is 0 Å². The van der Waals surface area contributed by atoms with Gasteiger partial charge in [-0.2, -0.15) is 0 Å². The first kappa shape index (κ1) is 9.71. The van der Waals surface area contributed by atoms with Crippen LogP contribution in [0.3, 0.4) is 0 Å². The molecular weight excluding hydrogens is 386 g/mol. The minimum absolute atomic E-state index is 1.34. The van der Waals surface area contributed by atoms with E-state index in [2.05, 4.69) is 82.4 Å². The quantitative estimate of drug-likeness (QED) is 0.583. The van der Waals surface area contributed by atoms with E-state index in [4.69, 9.17) is 0 Å². The molecule has 0 atom stereocenters. The van der Waals surface area contributed by atoms with Crippen molar-refractivity contribution >= 4 is 56.0 Å². The van der Waals surface area contributed by atoms with Crippen molar-refractivity contribution in [3.05, 3.63) is 43.0 Å². The van der Waals surface area contributed by atoms with Gasteiger partial charge < -0.3 is 0 Å². The minimum Gasteiger partial charge on any atom is -0.0616 e. The predicted octanol–water partition coefficient (Wildman–Crippen LogP) is 4.36. The summed E-state index contributed by atoms with van der Waals surface area (Å²) in [5, 5.41) is 2.70. The van der Waals surface area contributed by atoms with Gasteiger partial charge in [0.25, 0.3) is 0 Å². The fourth-order valence-electron chi connectivity index (χ4n) is 1.41. The zero-order chi connectivity index (χ0) is 9.42. The molecule has 0 heterocycles. The topological polar surface area (TPSA) is 0 Å². The molecule has 0 aliphatic carbocycles. The molecule has 0 aromatic heterocycles. The van der Waals surface area contributed by atoms with E-state index >= 15 is 0 Å². The first-order chi connectivity index (χ1) is 6.20. The Balaban J connectivity index is 2.94. The highest BCUT2D eigenvalue weighted by atomic mass is 127. The fourth-order valence-corrected chi connectivity index (χ4v) is 2.77. The molecule has 2 heteroatoms. The molecule has 0 saturated heterocycles. The van der Waals surface area contributed by atoms with Gasteiger partial charge in [0.1, 0.15) is 0 Å². The second kappa shape index (κ2) is 3.73. The van der Waals surface area contributed by atoms with Crippen LogP contribution >= 0.6 is 45.2 Å². The molecule has 0 aliphatic rings. The molecule has 0 bridgehead atoms. The lowest BCUT2D eigenvalue weighted by atomic mass is 10.1. The Morgan fingerprint density at radius 3 is 2.46 bits per heavy atom. The van der Waals surface area contributed by atoms with Crippen LogP contribution in [-0.4, -0.2) is 0 Å². The average molecular weight is 394 g/mol. The number of hydrogen-bond donors (Lipinski definition) is 0. The molecule has 0 amide bonds. The Kier molecular flexibility index (Phi) is 2.78. The van der Waals surface area contributed by atoms with Gasteiger partial charge in [-0.3, -0.25) is 0 Å². The van der Waals surface area contributed by atoms with E-state index in [1.54, 1.807) is 0 Å². The van der Waals surface area contributed by atoms with E-state index in [0.29, 0.717) is 0 Å². The molecule has 13 heavy (non-hydrogen) atoms. The molecular formula is C11H8I2. The average Bonchev–Trinajstić information content (AvgIpc) is 2.15. The summed E-state index contributed by atoms with van der Waals surface area (Å²) in [5.41, 5.74) is 1.36. The van der Waals surface area contributed by atoms with Crippen LogP contribution < -0.4 is 0 Å². The van der Waals surface area contributed by atoms with Crippen LogP contribution in [0.4, 0.5) is 0 Å². The summed E-state index contributed by atoms with van der Waals surface area (Å²) in [4.78, 5) is 0. The second-order valence-electron chi connectivity index (χ2n) is 3.04. The van der Waals surface area contributed by atoms with Crippen LogP contribution in [0.5, 0.6) is 0 Å². The summed E-state index contributed by atoms with van der Waals surface area (Å²) in [6.45, 7) is 2.16. The first-order valence-electron chi connectivity index (χ1n) is 4.03. The highest BCUT2D eigenvalue weighted by molar-refractivity contribution is 14.1. The van der Waals surface area contributed by atoms with E-state index in [-0.39, 0.29) is 0 Å². The Hall–Kier alpha value is 0.160. The van der Waals surface area contributed by atoms with Crippen LogP contribution in [0, 0.1) is 14.1 Å². The first-order valence-corrected chi connectivity index (χ1v) is 6.19. The Morgan fingerprint density at radius 1 is 1.00 bits per heavy atom. The maximum atomic E-state index is 2.42. The molecule has 2 aromatic carbocycles. The van der Waals surface area contributed by atoms with E-state index in [9.17, 15) is 0 Å². The molecule has 0 spiro atoms. The third-order valence-electron chi connectivity index (χ3n) is 2.11. The van der Waals surface area contributed by atoms with Crippen LogP contribution in [-0.2, 0) is 0 Å². The van der Waals surface area contributed by atoms with Gasteiger partial charge in [0, 0.05) is 7.14 Å². The smallest absolute Gasteiger partial charge is 0.0345 e. The van der Waals surface area contributed by atoms with Crippen molar-refractivity contribution in [3.63, 3.8) is 0 Å². The van der Waals surface area contributed by atoms with Crippen molar-refractivity contribution in [3.8, 4) is 0 Å². The summed E-state index contributed by atoms with van der Waals surface area (Å²) < 4.78 is 2.74. The summed E-state index contributed by atoms with van der Waals surface area (Å²) in [6, 6.07) is 10.8. The zero-order valence-corrected chi connectivity index (χ0v) is 11.5. The Labute approximate surface area is 105 Å². The summed E-state index contributed by atoms with van der Waals surface area (Å²) >= 11 is 4.83. The lowest BCUT2D eigenvalue weighted by Crippen LogP contribution is -1.87. The van der Waals surface area contributed by atoms with Crippen molar-refractivity contribution in [1.82, 2.24) is 0 Å². The lowest BCUT2D eigenvalue weighted by Gasteiger charge is -2.06. The van der Waals surface area contributed by atoms with Crippen LogP contribution in [0.25, 0.3) is 10.8 Å². The highest BCUT2D eigenvalue weighted by Crippen LogP contribution is 2.27. The van der Waals surface area contributed by atoms with Gasteiger partial charge in [-0.05, 0) is 68.4 Å². The second-order valence-corrected chi connectivity index (χ2v) is 5.20. The predicted molar refractivity (Wildman–Crippen MR) is 74.1 cm³/mol. The monoisotopic (exact) mass is 394 g/mol. The van der Waals surface area contributed by atoms with Crippen LogP contribution in [0.2, 0.25) is 0 Å². The van der Waals surface area contributed by atoms with Crippen molar-refractivity contribution in [2.24, 2.45) is 0 Å². The maximum absolute atomic E-state index is 2.42. The third-order valence-corrected chi connectivity index (χ3v) is 5.65. The number of fused-ring (bicyclic) bond motifs is 1. The number of halogens is 2. The van der Waals surface area contributed by atoms with E-state index < -0.39 is 0 Å². The number of rotatable bonds is 0. The molecule has 0 radical (unpaired) electrons. The SMILES string of the molecule is Cc1cc2ccccc2c(I)c1I. The van der Waals surface area contributed by atoms with Crippen molar-refractivity contribution in [1.29, 1.82) is 0 Å². The molecule has 0 fully saturated rings. The Morgan fingerprint density at radius 2 is 1.69 bits per heavy atom. The van der Waals surface area contributed by atoms with Gasteiger partial charge in [0.05, 0.1) is 0 Å². The zero-order valence-electron chi connectivity index (χ0n) is 7.14. The van der Waals surface area contributed by atoms with Gasteiger partial charge >= 0.3 is 0 Å². The number of aryl methyl sites for hydroxylation is 1. The fraction of sp³-hybridized carbons (Fsp3) is 0.0909. The van der Waals surface area contributed by atoms with Crippen LogP contribution in [0.15, 0.2) is 30.3 Å². The maximum Gasteiger partial charge on any atom is 0.0345 e. The third kappa shape index (κ3) is 1.70. The molecule has 0 nitrogen and oxygen atoms in total. The number of hydrogen-bond acceptors (Lipinski definition) is 0. The van der Waals surface area contributed by atoms with E-state index in [1.807, 2.05) is 0 Å². The standard InChI is InChI=1S/C11H8I2/c1-7-6-8-4-2-3-5-9(8)11(13)10(7)12/h2-6H,1H3. The summed E-state index contributed by atoms with van der Waals surface area (Å²) in [5.74, 6) is 0. The number of benzene rings is 2. The molecule has 2 aromatic rings. The lowest BCUT2D eigenvalue weighted by molar-refractivity contribution is 1.44. The van der Waals surface area contributed by atoms with Crippen LogP contribution in [0.1, 0.15) is 5.56 Å². The van der Waals surface area contributed by atoms with E-state index in [0.717, 1.165) is 0 Å². The van der Waals surface area contributed by atoms with Crippen molar-refractivity contribution < 1.29 is 0 Å². The van der Waals surface area contributed by atoms with Gasteiger partial charge in [-0.25, -0.2) is 0 Å². The molecule has 66 valence electrons. The summed E-state index contributed by atoms with van der Waals surface area (Å²) in [6.07, 6.45) is 0. The van der Waals surface area contributed by atoms with Gasteiger partial charge in [-0.1, -0.05) is 30.3 Å². The highest BCUT2D eigenvalue weighted by Gasteiger charge is 2.04. The Bertz CT molecular complexity index is 461. The molecule has 0 N–H and O–H groups in total. The minimum atomic E-state index is 1.34.